The molecule has 0 aromatic carbocycles. The topological polar surface area (TPSA) is 67.4 Å². The first-order valence-electron chi connectivity index (χ1n) is 5.27. The Bertz CT molecular complexity index is 273. The van der Waals surface area contributed by atoms with Gasteiger partial charge in [0.05, 0.1) is 12.4 Å². The minimum absolute atomic E-state index is 0.0330. The van der Waals surface area contributed by atoms with Crippen molar-refractivity contribution in [2.24, 2.45) is 5.92 Å². The van der Waals surface area contributed by atoms with E-state index in [1.165, 1.54) is 0 Å². The molecule has 5 nitrogen and oxygen atoms in total. The molecule has 0 aromatic rings. The first-order chi connectivity index (χ1) is 7.05. The molecule has 2 atom stereocenters. The normalized spacial score (nSPS) is 24.3. The van der Waals surface area contributed by atoms with Crippen LogP contribution in [0.2, 0.25) is 0 Å². The Morgan fingerprint density at radius 1 is 1.53 bits per heavy atom. The Morgan fingerprint density at radius 2 is 2.27 bits per heavy atom. The van der Waals surface area contributed by atoms with Gasteiger partial charge in [0.25, 0.3) is 0 Å². The summed E-state index contributed by atoms with van der Waals surface area (Å²) in [4.78, 5) is 0. The Labute approximate surface area is 91.6 Å². The molecule has 0 aromatic heterocycles. The van der Waals surface area contributed by atoms with Crippen LogP contribution in [-0.4, -0.2) is 47.0 Å². The summed E-state index contributed by atoms with van der Waals surface area (Å²) in [6.07, 6.45) is 0.940. The Balaban J connectivity index is 2.38. The molecule has 2 N–H and O–H groups in total. The molecule has 1 aliphatic heterocycles. The van der Waals surface area contributed by atoms with E-state index in [4.69, 9.17) is 4.74 Å². The van der Waals surface area contributed by atoms with Crippen molar-refractivity contribution >= 4 is 10.0 Å². The first-order valence-corrected chi connectivity index (χ1v) is 6.93. The fraction of sp³-hybridized carbons (Fsp3) is 1.00. The summed E-state index contributed by atoms with van der Waals surface area (Å²) >= 11 is 0. The van der Waals surface area contributed by atoms with E-state index in [0.717, 1.165) is 13.0 Å². The van der Waals surface area contributed by atoms with Gasteiger partial charge in [0.15, 0.2) is 0 Å². The lowest BCUT2D eigenvalue weighted by Gasteiger charge is -2.19. The van der Waals surface area contributed by atoms with Gasteiger partial charge in [0, 0.05) is 25.1 Å². The van der Waals surface area contributed by atoms with Crippen molar-refractivity contribution in [2.45, 2.75) is 19.4 Å². The Hall–Kier alpha value is -0.170. The van der Waals surface area contributed by atoms with Gasteiger partial charge in [-0.2, -0.15) is 0 Å². The zero-order valence-electron chi connectivity index (χ0n) is 9.32. The van der Waals surface area contributed by atoms with Gasteiger partial charge in [-0.1, -0.05) is 0 Å². The number of sulfonamides is 1. The molecule has 15 heavy (non-hydrogen) atoms. The second kappa shape index (κ2) is 5.79. The quantitative estimate of drug-likeness (QED) is 0.655. The van der Waals surface area contributed by atoms with Gasteiger partial charge in [0.2, 0.25) is 10.0 Å². The maximum absolute atomic E-state index is 11.6. The van der Waals surface area contributed by atoms with Crippen LogP contribution in [0.4, 0.5) is 0 Å². The van der Waals surface area contributed by atoms with Crippen LogP contribution in [0.15, 0.2) is 0 Å². The van der Waals surface area contributed by atoms with Crippen molar-refractivity contribution in [2.75, 3.05) is 32.6 Å². The van der Waals surface area contributed by atoms with E-state index < -0.39 is 10.0 Å². The monoisotopic (exact) mass is 236 g/mol. The lowest BCUT2D eigenvalue weighted by atomic mass is 10.0. The van der Waals surface area contributed by atoms with Crippen LogP contribution in [-0.2, 0) is 14.8 Å². The van der Waals surface area contributed by atoms with E-state index >= 15 is 0 Å². The van der Waals surface area contributed by atoms with Gasteiger partial charge in [-0.05, 0) is 20.4 Å². The number of hydrogen-bond acceptors (Lipinski definition) is 4. The third kappa shape index (κ3) is 4.46. The highest BCUT2D eigenvalue weighted by Gasteiger charge is 2.25. The lowest BCUT2D eigenvalue weighted by Crippen LogP contribution is -2.41. The molecule has 90 valence electrons. The van der Waals surface area contributed by atoms with Crippen LogP contribution in [0.5, 0.6) is 0 Å². The van der Waals surface area contributed by atoms with Crippen LogP contribution in [0, 0.1) is 5.92 Å². The van der Waals surface area contributed by atoms with Crippen molar-refractivity contribution in [3.63, 3.8) is 0 Å². The summed E-state index contributed by atoms with van der Waals surface area (Å²) in [6.45, 7) is 3.78. The average molecular weight is 236 g/mol. The summed E-state index contributed by atoms with van der Waals surface area (Å²) < 4.78 is 31.0. The zero-order valence-corrected chi connectivity index (χ0v) is 10.1. The lowest BCUT2D eigenvalue weighted by molar-refractivity contribution is 0.180. The summed E-state index contributed by atoms with van der Waals surface area (Å²) in [5.41, 5.74) is 0. The highest BCUT2D eigenvalue weighted by molar-refractivity contribution is 7.89. The number of ether oxygens (including phenoxy) is 1. The first kappa shape index (κ1) is 12.9. The van der Waals surface area contributed by atoms with Gasteiger partial charge in [-0.25, -0.2) is 13.1 Å². The van der Waals surface area contributed by atoms with E-state index in [2.05, 4.69) is 10.0 Å². The third-order valence-electron chi connectivity index (χ3n) is 2.66. The SMILES string of the molecule is CNCCS(=O)(=O)NC(C)C1CCOC1. The van der Waals surface area contributed by atoms with Crippen molar-refractivity contribution < 1.29 is 13.2 Å². The average Bonchev–Trinajstić information content (AvgIpc) is 2.67. The molecule has 0 aliphatic carbocycles. The summed E-state index contributed by atoms with van der Waals surface area (Å²) in [5, 5.41) is 2.82. The van der Waals surface area contributed by atoms with E-state index in [-0.39, 0.29) is 11.8 Å². The van der Waals surface area contributed by atoms with Crippen LogP contribution >= 0.6 is 0 Å². The van der Waals surface area contributed by atoms with Crippen molar-refractivity contribution in [1.29, 1.82) is 0 Å². The number of nitrogens with one attached hydrogen (secondary N) is 2. The summed E-state index contributed by atoms with van der Waals surface area (Å²) in [6, 6.07) is -0.0330. The molecule has 1 heterocycles. The fourth-order valence-electron chi connectivity index (χ4n) is 1.62. The molecule has 1 fully saturated rings. The summed E-state index contributed by atoms with van der Waals surface area (Å²) in [5.74, 6) is 0.441. The van der Waals surface area contributed by atoms with Gasteiger partial charge in [0.1, 0.15) is 0 Å². The van der Waals surface area contributed by atoms with Gasteiger partial charge in [-0.3, -0.25) is 0 Å². The molecule has 0 radical (unpaired) electrons. The zero-order chi connectivity index (χ0) is 11.3. The molecular weight excluding hydrogens is 216 g/mol. The molecule has 0 amide bonds. The minimum atomic E-state index is -3.15. The van der Waals surface area contributed by atoms with Crippen molar-refractivity contribution in [3.05, 3.63) is 0 Å². The highest BCUT2D eigenvalue weighted by atomic mass is 32.2. The standard InChI is InChI=1S/C9H20N2O3S/c1-8(9-3-5-14-7-9)11-15(12,13)6-4-10-2/h8-11H,3-7H2,1-2H3. The number of hydrogen-bond donors (Lipinski definition) is 2. The predicted octanol–water partition coefficient (Wildman–Crippen LogP) is -0.450. The van der Waals surface area contributed by atoms with E-state index in [9.17, 15) is 8.42 Å². The second-order valence-electron chi connectivity index (χ2n) is 3.95. The molecule has 6 heteroatoms. The molecule has 0 saturated carbocycles. The van der Waals surface area contributed by atoms with Crippen LogP contribution in [0.1, 0.15) is 13.3 Å². The van der Waals surface area contributed by atoms with Crippen LogP contribution in [0.3, 0.4) is 0 Å². The van der Waals surface area contributed by atoms with Crippen LogP contribution < -0.4 is 10.0 Å². The fourth-order valence-corrected chi connectivity index (χ4v) is 2.97. The molecule has 1 saturated heterocycles. The smallest absolute Gasteiger partial charge is 0.213 e. The highest BCUT2D eigenvalue weighted by Crippen LogP contribution is 2.16. The van der Waals surface area contributed by atoms with Gasteiger partial charge < -0.3 is 10.1 Å². The molecular formula is C9H20N2O3S. The molecule has 1 aliphatic rings. The molecule has 2 unspecified atom stereocenters. The largest absolute Gasteiger partial charge is 0.381 e. The van der Waals surface area contributed by atoms with Gasteiger partial charge in [-0.15, -0.1) is 0 Å². The Morgan fingerprint density at radius 3 is 2.80 bits per heavy atom. The third-order valence-corrected chi connectivity index (χ3v) is 4.13. The minimum Gasteiger partial charge on any atom is -0.381 e. The molecule has 1 rings (SSSR count). The van der Waals surface area contributed by atoms with E-state index in [1.54, 1.807) is 7.05 Å². The predicted molar refractivity (Wildman–Crippen MR) is 59.2 cm³/mol. The maximum Gasteiger partial charge on any atom is 0.213 e. The van der Waals surface area contributed by atoms with Crippen molar-refractivity contribution in [1.82, 2.24) is 10.0 Å². The molecule has 0 bridgehead atoms. The second-order valence-corrected chi connectivity index (χ2v) is 5.83. The number of rotatable bonds is 6. The maximum atomic E-state index is 11.6. The van der Waals surface area contributed by atoms with Crippen LogP contribution in [0.25, 0.3) is 0 Å². The van der Waals surface area contributed by atoms with E-state index in [1.807, 2.05) is 6.92 Å². The van der Waals surface area contributed by atoms with Crippen molar-refractivity contribution in [3.8, 4) is 0 Å². The molecule has 0 spiro atoms. The summed E-state index contributed by atoms with van der Waals surface area (Å²) in [7, 11) is -1.41. The Kier molecular flexibility index (Phi) is 4.98. The van der Waals surface area contributed by atoms with E-state index in [0.29, 0.717) is 19.1 Å². The van der Waals surface area contributed by atoms with Gasteiger partial charge >= 0.3 is 0 Å².